The van der Waals surface area contributed by atoms with E-state index < -0.39 is 0 Å². The zero-order chi connectivity index (χ0) is 13.8. The summed E-state index contributed by atoms with van der Waals surface area (Å²) in [6, 6.07) is 6.85. The van der Waals surface area contributed by atoms with E-state index >= 15 is 0 Å². The van der Waals surface area contributed by atoms with E-state index in [2.05, 4.69) is 15.3 Å². The van der Waals surface area contributed by atoms with Crippen LogP contribution in [0.25, 0.3) is 0 Å². The van der Waals surface area contributed by atoms with Crippen LogP contribution in [-0.2, 0) is 6.54 Å². The predicted octanol–water partition coefficient (Wildman–Crippen LogP) is 1.88. The predicted molar refractivity (Wildman–Crippen MR) is 77.6 cm³/mol. The molecule has 0 aliphatic rings. The summed E-state index contributed by atoms with van der Waals surface area (Å²) in [5.41, 5.74) is 6.36. The Bertz CT molecular complexity index is 644. The molecule has 5 nitrogen and oxygen atoms in total. The second-order valence-electron chi connectivity index (χ2n) is 3.86. The van der Waals surface area contributed by atoms with Gasteiger partial charge in [0, 0.05) is 22.5 Å². The molecule has 0 bridgehead atoms. The molecule has 1 heterocycles. The molecule has 2 aromatic rings. The zero-order valence-corrected chi connectivity index (χ0v) is 11.8. The molecule has 1 aromatic heterocycles. The smallest absolute Gasteiger partial charge is 0.253 e. The molecular formula is C12H13ClN4OS. The lowest BCUT2D eigenvalue weighted by Gasteiger charge is -2.09. The first-order valence-corrected chi connectivity index (χ1v) is 6.75. The van der Waals surface area contributed by atoms with Gasteiger partial charge < -0.3 is 16.0 Å². The molecule has 0 atom stereocenters. The number of hydrogen-bond donors (Lipinski definition) is 3. The number of nitrogens with two attached hydrogens (primary N) is 1. The van der Waals surface area contributed by atoms with Crippen LogP contribution in [0.2, 0.25) is 5.02 Å². The molecule has 7 heteroatoms. The lowest BCUT2D eigenvalue weighted by atomic mass is 10.2. The minimum absolute atomic E-state index is 0.198. The third-order valence-corrected chi connectivity index (χ3v) is 3.56. The quantitative estimate of drug-likeness (QED) is 0.750. The fourth-order valence-electron chi connectivity index (χ4n) is 1.57. The van der Waals surface area contributed by atoms with Crippen molar-refractivity contribution in [1.29, 1.82) is 0 Å². The largest absolute Gasteiger partial charge is 0.383 e. The number of anilines is 1. The summed E-state index contributed by atoms with van der Waals surface area (Å²) in [4.78, 5) is 19.0. The van der Waals surface area contributed by atoms with Crippen molar-refractivity contribution in [1.82, 2.24) is 15.3 Å². The number of rotatable bonds is 4. The second-order valence-corrected chi connectivity index (χ2v) is 5.33. The van der Waals surface area contributed by atoms with Crippen molar-refractivity contribution in [2.24, 2.45) is 0 Å². The number of nitrogen functional groups attached to an aromatic ring is 1. The van der Waals surface area contributed by atoms with E-state index in [4.69, 9.17) is 17.3 Å². The topological polar surface area (TPSA) is 83.8 Å². The molecule has 4 N–H and O–H groups in total. The van der Waals surface area contributed by atoms with Gasteiger partial charge in [0.1, 0.15) is 5.82 Å². The van der Waals surface area contributed by atoms with Crippen LogP contribution in [0.15, 0.2) is 39.1 Å². The van der Waals surface area contributed by atoms with Gasteiger partial charge in [-0.2, -0.15) is 0 Å². The molecule has 0 saturated heterocycles. The summed E-state index contributed by atoms with van der Waals surface area (Å²) < 4.78 is 0. The van der Waals surface area contributed by atoms with Crippen molar-refractivity contribution in [2.45, 2.75) is 16.6 Å². The molecule has 0 radical (unpaired) electrons. The van der Waals surface area contributed by atoms with Gasteiger partial charge >= 0.3 is 0 Å². The number of H-pyrrole nitrogens is 1. The Balaban J connectivity index is 2.36. The monoisotopic (exact) mass is 296 g/mol. The lowest BCUT2D eigenvalue weighted by molar-refractivity contribution is 0.802. The fourth-order valence-corrected chi connectivity index (χ4v) is 2.77. The number of nitrogens with zero attached hydrogens (tertiary/aromatic N) is 1. The average molecular weight is 297 g/mol. The van der Waals surface area contributed by atoms with E-state index in [0.29, 0.717) is 16.7 Å². The highest BCUT2D eigenvalue weighted by molar-refractivity contribution is 7.99. The summed E-state index contributed by atoms with van der Waals surface area (Å²) in [5.74, 6) is 0.198. The number of nitrogens with one attached hydrogen (secondary N) is 2. The van der Waals surface area contributed by atoms with Crippen molar-refractivity contribution >= 4 is 29.2 Å². The third-order valence-electron chi connectivity index (χ3n) is 2.34. The first-order valence-electron chi connectivity index (χ1n) is 5.56. The van der Waals surface area contributed by atoms with Gasteiger partial charge in [0.25, 0.3) is 5.56 Å². The van der Waals surface area contributed by atoms with E-state index in [1.807, 2.05) is 25.2 Å². The SMILES string of the molecule is CNCc1ccc(Cl)cc1Sc1nc(N)cc(=O)[nH]1. The summed E-state index contributed by atoms with van der Waals surface area (Å²) in [5, 5.41) is 4.16. The molecule has 0 unspecified atom stereocenters. The highest BCUT2D eigenvalue weighted by Crippen LogP contribution is 2.30. The second kappa shape index (κ2) is 6.10. The molecule has 0 aliphatic carbocycles. The highest BCUT2D eigenvalue weighted by Gasteiger charge is 2.07. The van der Waals surface area contributed by atoms with E-state index in [1.54, 1.807) is 0 Å². The minimum atomic E-state index is -0.271. The van der Waals surface area contributed by atoms with Gasteiger partial charge in [0.15, 0.2) is 5.16 Å². The molecule has 0 amide bonds. The lowest BCUT2D eigenvalue weighted by Crippen LogP contribution is -2.10. The number of hydrogen-bond acceptors (Lipinski definition) is 5. The molecular weight excluding hydrogens is 284 g/mol. The minimum Gasteiger partial charge on any atom is -0.383 e. The van der Waals surface area contributed by atoms with Crippen LogP contribution in [0.4, 0.5) is 5.82 Å². The molecule has 0 fully saturated rings. The van der Waals surface area contributed by atoms with Crippen molar-refractivity contribution in [2.75, 3.05) is 12.8 Å². The summed E-state index contributed by atoms with van der Waals surface area (Å²) in [7, 11) is 1.86. The molecule has 0 aliphatic heterocycles. The number of aromatic nitrogens is 2. The van der Waals surface area contributed by atoms with Gasteiger partial charge in [-0.05, 0) is 24.7 Å². The van der Waals surface area contributed by atoms with Crippen molar-refractivity contribution in [3.05, 3.63) is 45.2 Å². The van der Waals surface area contributed by atoms with Crippen LogP contribution < -0.4 is 16.6 Å². The number of aromatic amines is 1. The Morgan fingerprint density at radius 3 is 2.95 bits per heavy atom. The summed E-state index contributed by atoms with van der Waals surface area (Å²) in [6.45, 7) is 0.700. The van der Waals surface area contributed by atoms with E-state index in [9.17, 15) is 4.79 Å². The third kappa shape index (κ3) is 3.73. The van der Waals surface area contributed by atoms with Gasteiger partial charge in [-0.1, -0.05) is 29.4 Å². The fraction of sp³-hybridized carbons (Fsp3) is 0.167. The van der Waals surface area contributed by atoms with E-state index in [1.165, 1.54) is 17.8 Å². The van der Waals surface area contributed by atoms with Gasteiger partial charge in [0.05, 0.1) is 0 Å². The number of benzene rings is 1. The molecule has 2 rings (SSSR count). The van der Waals surface area contributed by atoms with Crippen LogP contribution in [0.1, 0.15) is 5.56 Å². The first kappa shape index (κ1) is 13.9. The Morgan fingerprint density at radius 1 is 1.47 bits per heavy atom. The van der Waals surface area contributed by atoms with Crippen molar-refractivity contribution in [3.63, 3.8) is 0 Å². The van der Waals surface area contributed by atoms with Gasteiger partial charge in [-0.15, -0.1) is 0 Å². The van der Waals surface area contributed by atoms with Gasteiger partial charge in [0.2, 0.25) is 0 Å². The van der Waals surface area contributed by atoms with Crippen LogP contribution in [0, 0.1) is 0 Å². The Hall–Kier alpha value is -1.50. The van der Waals surface area contributed by atoms with Crippen LogP contribution >= 0.6 is 23.4 Å². The average Bonchev–Trinajstić information content (AvgIpc) is 2.31. The van der Waals surface area contributed by atoms with Crippen LogP contribution in [-0.4, -0.2) is 17.0 Å². The summed E-state index contributed by atoms with van der Waals surface area (Å²) >= 11 is 7.32. The van der Waals surface area contributed by atoms with E-state index in [0.717, 1.165) is 10.5 Å². The maximum absolute atomic E-state index is 11.4. The van der Waals surface area contributed by atoms with Crippen molar-refractivity contribution < 1.29 is 0 Å². The zero-order valence-electron chi connectivity index (χ0n) is 10.2. The molecule has 1 aromatic carbocycles. The van der Waals surface area contributed by atoms with Crippen LogP contribution in [0.5, 0.6) is 0 Å². The molecule has 0 saturated carbocycles. The maximum atomic E-state index is 11.4. The molecule has 100 valence electrons. The Kier molecular flexibility index (Phi) is 4.47. The van der Waals surface area contributed by atoms with Gasteiger partial charge in [-0.25, -0.2) is 4.98 Å². The number of halogens is 1. The Labute approximate surface area is 119 Å². The highest BCUT2D eigenvalue weighted by atomic mass is 35.5. The Morgan fingerprint density at radius 2 is 2.26 bits per heavy atom. The standard InChI is InChI=1S/C12H13ClN4OS/c1-15-6-7-2-3-8(13)4-9(7)19-12-16-10(14)5-11(18)17-12/h2-5,15H,6H2,1H3,(H3,14,16,17,18). The molecule has 19 heavy (non-hydrogen) atoms. The normalized spacial score (nSPS) is 10.6. The maximum Gasteiger partial charge on any atom is 0.253 e. The van der Waals surface area contributed by atoms with E-state index in [-0.39, 0.29) is 11.4 Å². The van der Waals surface area contributed by atoms with Gasteiger partial charge in [-0.3, -0.25) is 4.79 Å². The summed E-state index contributed by atoms with van der Waals surface area (Å²) in [6.07, 6.45) is 0. The van der Waals surface area contributed by atoms with Crippen molar-refractivity contribution in [3.8, 4) is 0 Å². The molecule has 0 spiro atoms. The van der Waals surface area contributed by atoms with Crippen LogP contribution in [0.3, 0.4) is 0 Å². The first-order chi connectivity index (χ1) is 9.08.